The maximum absolute atomic E-state index is 11.4. The zero-order valence-electron chi connectivity index (χ0n) is 13.0. The Kier molecular flexibility index (Phi) is 5.72. The molecule has 0 bridgehead atoms. The summed E-state index contributed by atoms with van der Waals surface area (Å²) in [6, 6.07) is 5.67. The number of methoxy groups -OCH3 is 2. The van der Waals surface area contributed by atoms with Gasteiger partial charge >= 0.3 is 0 Å². The first-order valence-electron chi connectivity index (χ1n) is 6.76. The molecule has 2 aromatic rings. The van der Waals surface area contributed by atoms with E-state index in [9.17, 15) is 4.79 Å². The fourth-order valence-electron chi connectivity index (χ4n) is 1.94. The Balaban J connectivity index is 2.25. The second-order valence-electron chi connectivity index (χ2n) is 4.70. The standard InChI is InChI=1S/C15H17ClN4O3/c1-9(18-19-12-7-17-20-15(21)14(12)16)10-4-5-13(23-3)11(6-10)8-22-2/h4-7H,8H2,1-3H3,(H2,19,20,21)/b18-9-. The highest BCUT2D eigenvalue weighted by molar-refractivity contribution is 6.32. The molecule has 0 aliphatic carbocycles. The lowest BCUT2D eigenvalue weighted by Gasteiger charge is -2.10. The van der Waals surface area contributed by atoms with Crippen molar-refractivity contribution in [3.63, 3.8) is 0 Å². The highest BCUT2D eigenvalue weighted by Gasteiger charge is 2.07. The van der Waals surface area contributed by atoms with E-state index in [-0.39, 0.29) is 5.02 Å². The molecule has 0 aliphatic rings. The van der Waals surface area contributed by atoms with Crippen molar-refractivity contribution in [2.24, 2.45) is 5.10 Å². The second-order valence-corrected chi connectivity index (χ2v) is 5.07. The molecule has 0 saturated carbocycles. The molecule has 0 radical (unpaired) electrons. The molecule has 0 fully saturated rings. The molecular formula is C15H17ClN4O3. The predicted octanol–water partition coefficient (Wildman–Crippen LogP) is 2.41. The van der Waals surface area contributed by atoms with Crippen molar-refractivity contribution in [2.45, 2.75) is 13.5 Å². The summed E-state index contributed by atoms with van der Waals surface area (Å²) in [7, 11) is 3.23. The Morgan fingerprint density at radius 1 is 1.43 bits per heavy atom. The minimum atomic E-state index is -0.476. The van der Waals surface area contributed by atoms with Crippen LogP contribution < -0.4 is 15.7 Å². The molecule has 2 rings (SSSR count). The Bertz CT molecular complexity index is 774. The van der Waals surface area contributed by atoms with E-state index in [4.69, 9.17) is 21.1 Å². The summed E-state index contributed by atoms with van der Waals surface area (Å²) in [5.74, 6) is 0.748. The number of nitrogens with one attached hydrogen (secondary N) is 2. The molecule has 7 nitrogen and oxygen atoms in total. The smallest absolute Gasteiger partial charge is 0.285 e. The van der Waals surface area contributed by atoms with Crippen molar-refractivity contribution < 1.29 is 9.47 Å². The van der Waals surface area contributed by atoms with Gasteiger partial charge in [-0.25, -0.2) is 5.10 Å². The highest BCUT2D eigenvalue weighted by Crippen LogP contribution is 2.21. The van der Waals surface area contributed by atoms with Gasteiger partial charge in [-0.05, 0) is 30.7 Å². The topological polar surface area (TPSA) is 88.6 Å². The van der Waals surface area contributed by atoms with Crippen molar-refractivity contribution >= 4 is 23.0 Å². The number of rotatable bonds is 6. The lowest BCUT2D eigenvalue weighted by atomic mass is 10.1. The van der Waals surface area contributed by atoms with E-state index in [2.05, 4.69) is 20.7 Å². The molecule has 0 atom stereocenters. The highest BCUT2D eigenvalue weighted by atomic mass is 35.5. The van der Waals surface area contributed by atoms with Crippen LogP contribution in [0.4, 0.5) is 5.69 Å². The quantitative estimate of drug-likeness (QED) is 0.624. The van der Waals surface area contributed by atoms with Gasteiger partial charge in [-0.3, -0.25) is 10.2 Å². The van der Waals surface area contributed by atoms with Crippen LogP contribution in [0.25, 0.3) is 0 Å². The van der Waals surface area contributed by atoms with E-state index in [0.29, 0.717) is 18.0 Å². The van der Waals surface area contributed by atoms with E-state index >= 15 is 0 Å². The summed E-state index contributed by atoms with van der Waals surface area (Å²) in [6.45, 7) is 2.27. The number of aromatic nitrogens is 2. The average Bonchev–Trinajstić information content (AvgIpc) is 2.56. The summed E-state index contributed by atoms with van der Waals surface area (Å²) in [4.78, 5) is 11.4. The number of hydrogen-bond donors (Lipinski definition) is 2. The van der Waals surface area contributed by atoms with Crippen LogP contribution in [0.1, 0.15) is 18.1 Å². The SMILES string of the molecule is COCc1cc(/C(C)=N\Nc2cn[nH]c(=O)c2Cl)ccc1OC. The Morgan fingerprint density at radius 2 is 2.22 bits per heavy atom. The fraction of sp³-hybridized carbons (Fsp3) is 0.267. The van der Waals surface area contributed by atoms with Gasteiger partial charge in [-0.1, -0.05) is 11.6 Å². The van der Waals surface area contributed by atoms with E-state index in [0.717, 1.165) is 16.9 Å². The van der Waals surface area contributed by atoms with Gasteiger partial charge in [0.05, 0.1) is 25.6 Å². The van der Waals surface area contributed by atoms with Crippen LogP contribution in [0.3, 0.4) is 0 Å². The fourth-order valence-corrected chi connectivity index (χ4v) is 2.08. The van der Waals surface area contributed by atoms with Crippen LogP contribution in [0.15, 0.2) is 34.3 Å². The molecule has 0 amide bonds. The molecule has 122 valence electrons. The number of halogens is 1. The monoisotopic (exact) mass is 336 g/mol. The van der Waals surface area contributed by atoms with Crippen LogP contribution in [0.2, 0.25) is 5.02 Å². The summed E-state index contributed by atoms with van der Waals surface area (Å²) in [6.07, 6.45) is 1.39. The number of hydrogen-bond acceptors (Lipinski definition) is 6. The first kappa shape index (κ1) is 17.0. The molecule has 0 aliphatic heterocycles. The Labute approximate surface area is 138 Å². The van der Waals surface area contributed by atoms with Gasteiger partial charge < -0.3 is 9.47 Å². The summed E-state index contributed by atoms with van der Waals surface area (Å²) in [5.41, 5.74) is 5.11. The third-order valence-electron chi connectivity index (χ3n) is 3.14. The number of H-pyrrole nitrogens is 1. The second kappa shape index (κ2) is 7.75. The first-order chi connectivity index (χ1) is 11.1. The zero-order chi connectivity index (χ0) is 16.8. The number of nitrogens with zero attached hydrogens (tertiary/aromatic N) is 2. The number of ether oxygens (including phenoxy) is 2. The van der Waals surface area contributed by atoms with Crippen molar-refractivity contribution in [1.29, 1.82) is 0 Å². The molecule has 23 heavy (non-hydrogen) atoms. The summed E-state index contributed by atoms with van der Waals surface area (Å²) in [5, 5.41) is 10.1. The first-order valence-corrected chi connectivity index (χ1v) is 7.14. The average molecular weight is 337 g/mol. The summed E-state index contributed by atoms with van der Waals surface area (Å²) < 4.78 is 10.5. The van der Waals surface area contributed by atoms with Crippen LogP contribution in [0, 0.1) is 0 Å². The number of benzene rings is 1. The molecule has 1 heterocycles. The predicted molar refractivity (Wildman–Crippen MR) is 89.4 cm³/mol. The van der Waals surface area contributed by atoms with E-state index in [1.165, 1.54) is 6.20 Å². The van der Waals surface area contributed by atoms with Gasteiger partial charge in [0.2, 0.25) is 0 Å². The minimum absolute atomic E-state index is 0.00588. The molecule has 0 unspecified atom stereocenters. The van der Waals surface area contributed by atoms with Crippen LogP contribution in [-0.2, 0) is 11.3 Å². The molecular weight excluding hydrogens is 320 g/mol. The third kappa shape index (κ3) is 4.08. The van der Waals surface area contributed by atoms with E-state index in [1.54, 1.807) is 14.2 Å². The van der Waals surface area contributed by atoms with Gasteiger partial charge in [0, 0.05) is 12.7 Å². The van der Waals surface area contributed by atoms with Gasteiger partial charge in [0.25, 0.3) is 5.56 Å². The van der Waals surface area contributed by atoms with Crippen LogP contribution in [0.5, 0.6) is 5.75 Å². The zero-order valence-corrected chi connectivity index (χ0v) is 13.8. The Morgan fingerprint density at radius 3 is 2.91 bits per heavy atom. The number of aromatic amines is 1. The lowest BCUT2D eigenvalue weighted by Crippen LogP contribution is -2.10. The maximum atomic E-state index is 11.4. The largest absolute Gasteiger partial charge is 0.496 e. The molecule has 1 aromatic heterocycles. The van der Waals surface area contributed by atoms with Crippen molar-refractivity contribution in [3.05, 3.63) is 50.9 Å². The van der Waals surface area contributed by atoms with E-state index in [1.807, 2.05) is 25.1 Å². The Hall–Kier alpha value is -2.38. The van der Waals surface area contributed by atoms with Gasteiger partial charge in [-0.15, -0.1) is 0 Å². The molecule has 2 N–H and O–H groups in total. The van der Waals surface area contributed by atoms with Crippen molar-refractivity contribution in [2.75, 3.05) is 19.6 Å². The maximum Gasteiger partial charge on any atom is 0.285 e. The van der Waals surface area contributed by atoms with E-state index < -0.39 is 5.56 Å². The molecule has 8 heteroatoms. The van der Waals surface area contributed by atoms with Gasteiger partial charge in [0.1, 0.15) is 16.5 Å². The van der Waals surface area contributed by atoms with Crippen LogP contribution >= 0.6 is 11.6 Å². The molecule has 1 aromatic carbocycles. The molecule has 0 spiro atoms. The summed E-state index contributed by atoms with van der Waals surface area (Å²) >= 11 is 5.88. The number of hydrazone groups is 1. The normalized spacial score (nSPS) is 11.4. The minimum Gasteiger partial charge on any atom is -0.496 e. The third-order valence-corrected chi connectivity index (χ3v) is 3.51. The lowest BCUT2D eigenvalue weighted by molar-refractivity contribution is 0.181. The van der Waals surface area contributed by atoms with Crippen LogP contribution in [-0.4, -0.2) is 30.1 Å². The van der Waals surface area contributed by atoms with Crippen molar-refractivity contribution in [1.82, 2.24) is 10.2 Å². The van der Waals surface area contributed by atoms with Gasteiger partial charge in [0.15, 0.2) is 0 Å². The molecule has 0 saturated heterocycles. The van der Waals surface area contributed by atoms with Gasteiger partial charge in [-0.2, -0.15) is 10.2 Å². The number of anilines is 1. The van der Waals surface area contributed by atoms with Crippen molar-refractivity contribution in [3.8, 4) is 5.75 Å².